The molecule has 0 aliphatic rings. The van der Waals surface area contributed by atoms with Crippen molar-refractivity contribution in [3.8, 4) is 17.1 Å². The maximum Gasteiger partial charge on any atom is 0.274 e. The molecule has 0 aliphatic carbocycles. The first-order valence-corrected chi connectivity index (χ1v) is 9.10. The number of carbonyl (C=O) groups excluding carboxylic acids is 2. The Morgan fingerprint density at radius 3 is 2.76 bits per heavy atom. The summed E-state index contributed by atoms with van der Waals surface area (Å²) in [6.45, 7) is 0.941. The molecule has 0 atom stereocenters. The molecule has 29 heavy (non-hydrogen) atoms. The predicted octanol–water partition coefficient (Wildman–Crippen LogP) is 2.68. The summed E-state index contributed by atoms with van der Waals surface area (Å²) in [5.41, 5.74) is 7.18. The monoisotopic (exact) mass is 394 g/mol. The van der Waals surface area contributed by atoms with Crippen molar-refractivity contribution in [1.82, 2.24) is 10.3 Å². The standard InChI is InChI=1S/C21H22N4O4/c1-28-19-6-5-15(13-16(19)20(26)24-9-3-8-22)25-21(27)17-12-14(7-10-23-17)18-4-2-11-29-18/h2,4-7,10-13H,3,8-9,22H2,1H3,(H,24,26)(H,25,27). The fraction of sp³-hybridized carbons (Fsp3) is 0.190. The number of aromatic nitrogens is 1. The van der Waals surface area contributed by atoms with E-state index in [4.69, 9.17) is 14.9 Å². The van der Waals surface area contributed by atoms with E-state index in [0.717, 1.165) is 5.56 Å². The highest BCUT2D eigenvalue weighted by atomic mass is 16.5. The third-order valence-corrected chi connectivity index (χ3v) is 4.17. The highest BCUT2D eigenvalue weighted by Crippen LogP contribution is 2.24. The fourth-order valence-corrected chi connectivity index (χ4v) is 2.71. The van der Waals surface area contributed by atoms with Gasteiger partial charge in [0.1, 0.15) is 17.2 Å². The van der Waals surface area contributed by atoms with E-state index in [1.54, 1.807) is 48.7 Å². The number of anilines is 1. The number of nitrogens with two attached hydrogens (primary N) is 1. The third-order valence-electron chi connectivity index (χ3n) is 4.17. The van der Waals surface area contributed by atoms with Crippen molar-refractivity contribution >= 4 is 17.5 Å². The number of furan rings is 1. The molecular formula is C21H22N4O4. The van der Waals surface area contributed by atoms with E-state index >= 15 is 0 Å². The van der Waals surface area contributed by atoms with E-state index in [9.17, 15) is 9.59 Å². The summed E-state index contributed by atoms with van der Waals surface area (Å²) in [6, 6.07) is 11.8. The molecule has 1 aromatic carbocycles. The number of carbonyl (C=O) groups is 2. The first kappa shape index (κ1) is 20.1. The van der Waals surface area contributed by atoms with Crippen molar-refractivity contribution in [3.05, 3.63) is 66.2 Å². The van der Waals surface area contributed by atoms with E-state index in [1.807, 2.05) is 0 Å². The Hall–Kier alpha value is -3.65. The summed E-state index contributed by atoms with van der Waals surface area (Å²) in [7, 11) is 1.48. The lowest BCUT2D eigenvalue weighted by atomic mass is 10.1. The zero-order valence-corrected chi connectivity index (χ0v) is 16.0. The lowest BCUT2D eigenvalue weighted by Crippen LogP contribution is -2.26. The van der Waals surface area contributed by atoms with Crippen LogP contribution in [0.15, 0.2) is 59.3 Å². The van der Waals surface area contributed by atoms with Crippen LogP contribution < -0.4 is 21.1 Å². The Balaban J connectivity index is 1.77. The van der Waals surface area contributed by atoms with Gasteiger partial charge in [0, 0.05) is 24.0 Å². The van der Waals surface area contributed by atoms with E-state index in [0.29, 0.717) is 42.3 Å². The molecule has 4 N–H and O–H groups in total. The van der Waals surface area contributed by atoms with Crippen LogP contribution in [0.25, 0.3) is 11.3 Å². The lowest BCUT2D eigenvalue weighted by molar-refractivity contribution is 0.0949. The van der Waals surface area contributed by atoms with Crippen LogP contribution in [0.4, 0.5) is 5.69 Å². The SMILES string of the molecule is COc1ccc(NC(=O)c2cc(-c3ccco3)ccn2)cc1C(=O)NCCCN. The smallest absolute Gasteiger partial charge is 0.274 e. The highest BCUT2D eigenvalue weighted by Gasteiger charge is 2.15. The molecule has 0 bridgehead atoms. The maximum absolute atomic E-state index is 12.6. The molecule has 8 heteroatoms. The van der Waals surface area contributed by atoms with Crippen molar-refractivity contribution in [1.29, 1.82) is 0 Å². The molecule has 0 aliphatic heterocycles. The fourth-order valence-electron chi connectivity index (χ4n) is 2.71. The first-order chi connectivity index (χ1) is 14.1. The summed E-state index contributed by atoms with van der Waals surface area (Å²) in [5.74, 6) is 0.343. The number of ether oxygens (including phenoxy) is 1. The minimum absolute atomic E-state index is 0.226. The summed E-state index contributed by atoms with van der Waals surface area (Å²) in [6.07, 6.45) is 3.77. The molecule has 0 fully saturated rings. The lowest BCUT2D eigenvalue weighted by Gasteiger charge is -2.12. The summed E-state index contributed by atoms with van der Waals surface area (Å²) in [5, 5.41) is 5.53. The van der Waals surface area contributed by atoms with Crippen molar-refractivity contribution in [3.63, 3.8) is 0 Å². The maximum atomic E-state index is 12.6. The summed E-state index contributed by atoms with van der Waals surface area (Å²) >= 11 is 0. The molecule has 0 spiro atoms. The van der Waals surface area contributed by atoms with Gasteiger partial charge in [0.15, 0.2) is 0 Å². The van der Waals surface area contributed by atoms with Crippen LogP contribution in [-0.4, -0.2) is 37.0 Å². The molecule has 3 aromatic rings. The minimum atomic E-state index is -0.405. The van der Waals surface area contributed by atoms with Crippen molar-refractivity contribution in [2.45, 2.75) is 6.42 Å². The Kier molecular flexibility index (Phi) is 6.59. The summed E-state index contributed by atoms with van der Waals surface area (Å²) in [4.78, 5) is 29.2. The third kappa shape index (κ3) is 4.99. The molecule has 8 nitrogen and oxygen atoms in total. The van der Waals surface area contributed by atoms with Gasteiger partial charge in [-0.1, -0.05) is 0 Å². The zero-order chi connectivity index (χ0) is 20.6. The van der Waals surface area contributed by atoms with E-state index in [-0.39, 0.29) is 11.6 Å². The Bertz CT molecular complexity index is 986. The Morgan fingerprint density at radius 2 is 2.03 bits per heavy atom. The molecule has 2 heterocycles. The number of rotatable bonds is 8. The average Bonchev–Trinajstić information content (AvgIpc) is 3.29. The molecule has 2 aromatic heterocycles. The number of amides is 2. The number of nitrogens with one attached hydrogen (secondary N) is 2. The van der Waals surface area contributed by atoms with Gasteiger partial charge in [-0.2, -0.15) is 0 Å². The van der Waals surface area contributed by atoms with Crippen molar-refractivity contribution in [2.24, 2.45) is 5.73 Å². The quantitative estimate of drug-likeness (QED) is 0.505. The predicted molar refractivity (Wildman–Crippen MR) is 109 cm³/mol. The molecule has 0 saturated carbocycles. The van der Waals surface area contributed by atoms with E-state index in [1.165, 1.54) is 13.3 Å². The average molecular weight is 394 g/mol. The van der Waals surface area contributed by atoms with Gasteiger partial charge in [-0.3, -0.25) is 14.6 Å². The molecule has 150 valence electrons. The van der Waals surface area contributed by atoms with Gasteiger partial charge in [-0.15, -0.1) is 0 Å². The van der Waals surface area contributed by atoms with Gasteiger partial charge < -0.3 is 25.5 Å². The second-order valence-corrected chi connectivity index (χ2v) is 6.17. The zero-order valence-electron chi connectivity index (χ0n) is 16.0. The second kappa shape index (κ2) is 9.52. The Labute approximate surface area is 168 Å². The molecule has 2 amide bonds. The molecule has 0 radical (unpaired) electrons. The number of hydrogen-bond donors (Lipinski definition) is 3. The highest BCUT2D eigenvalue weighted by molar-refractivity contribution is 6.05. The van der Waals surface area contributed by atoms with Crippen LogP contribution in [0.1, 0.15) is 27.3 Å². The summed E-state index contributed by atoms with van der Waals surface area (Å²) < 4.78 is 10.6. The number of hydrogen-bond acceptors (Lipinski definition) is 6. The van der Waals surface area contributed by atoms with Gasteiger partial charge in [0.05, 0.1) is 18.9 Å². The van der Waals surface area contributed by atoms with Crippen molar-refractivity contribution < 1.29 is 18.7 Å². The van der Waals surface area contributed by atoms with Crippen LogP contribution in [-0.2, 0) is 0 Å². The van der Waals surface area contributed by atoms with Crippen LogP contribution in [0, 0.1) is 0 Å². The van der Waals surface area contributed by atoms with Gasteiger partial charge >= 0.3 is 0 Å². The number of pyridine rings is 1. The minimum Gasteiger partial charge on any atom is -0.496 e. The number of nitrogens with zero attached hydrogens (tertiary/aromatic N) is 1. The van der Waals surface area contributed by atoms with E-state index < -0.39 is 5.91 Å². The van der Waals surface area contributed by atoms with Gasteiger partial charge in [-0.25, -0.2) is 0 Å². The Morgan fingerprint density at radius 1 is 1.17 bits per heavy atom. The second-order valence-electron chi connectivity index (χ2n) is 6.17. The van der Waals surface area contributed by atoms with Crippen LogP contribution >= 0.6 is 0 Å². The molecule has 0 saturated heterocycles. The van der Waals surface area contributed by atoms with Crippen LogP contribution in [0.2, 0.25) is 0 Å². The molecule has 0 unspecified atom stereocenters. The largest absolute Gasteiger partial charge is 0.496 e. The first-order valence-electron chi connectivity index (χ1n) is 9.10. The van der Waals surface area contributed by atoms with Gasteiger partial charge in [-0.05, 0) is 55.4 Å². The molecule has 3 rings (SSSR count). The number of benzene rings is 1. The van der Waals surface area contributed by atoms with Crippen LogP contribution in [0.5, 0.6) is 5.75 Å². The number of methoxy groups -OCH3 is 1. The van der Waals surface area contributed by atoms with Gasteiger partial charge in [0.25, 0.3) is 11.8 Å². The normalized spacial score (nSPS) is 10.4. The van der Waals surface area contributed by atoms with Gasteiger partial charge in [0.2, 0.25) is 0 Å². The van der Waals surface area contributed by atoms with Crippen LogP contribution in [0.3, 0.4) is 0 Å². The molecular weight excluding hydrogens is 372 g/mol. The van der Waals surface area contributed by atoms with Crippen molar-refractivity contribution in [2.75, 3.05) is 25.5 Å². The topological polar surface area (TPSA) is 119 Å². The van der Waals surface area contributed by atoms with E-state index in [2.05, 4.69) is 15.6 Å².